The summed E-state index contributed by atoms with van der Waals surface area (Å²) in [5.41, 5.74) is 4.42. The lowest BCUT2D eigenvalue weighted by Gasteiger charge is -2.20. The summed E-state index contributed by atoms with van der Waals surface area (Å²) in [4.78, 5) is 0. The van der Waals surface area contributed by atoms with Crippen molar-refractivity contribution in [1.82, 2.24) is 0 Å². The van der Waals surface area contributed by atoms with Crippen molar-refractivity contribution in [3.63, 3.8) is 0 Å². The van der Waals surface area contributed by atoms with E-state index in [4.69, 9.17) is 11.6 Å². The lowest BCUT2D eigenvalue weighted by atomic mass is 9.88. The van der Waals surface area contributed by atoms with Gasteiger partial charge in [0.05, 0.1) is 5.38 Å². The minimum Gasteiger partial charge on any atom is -0.207 e. The zero-order chi connectivity index (χ0) is 15.6. The van der Waals surface area contributed by atoms with Crippen molar-refractivity contribution in [3.05, 3.63) is 70.5 Å². The highest BCUT2D eigenvalue weighted by Crippen LogP contribution is 2.36. The summed E-state index contributed by atoms with van der Waals surface area (Å²) in [6, 6.07) is 13.0. The van der Waals surface area contributed by atoms with E-state index in [-0.39, 0.29) is 11.2 Å². The number of hydrogen-bond acceptors (Lipinski definition) is 0. The van der Waals surface area contributed by atoms with Crippen LogP contribution in [0.4, 0.5) is 4.39 Å². The second-order valence-corrected chi connectivity index (χ2v) is 6.55. The lowest BCUT2D eigenvalue weighted by Crippen LogP contribution is -2.03. The Morgan fingerprint density at radius 2 is 1.52 bits per heavy atom. The van der Waals surface area contributed by atoms with Crippen molar-refractivity contribution in [2.24, 2.45) is 0 Å². The van der Waals surface area contributed by atoms with E-state index in [0.717, 1.165) is 11.1 Å². The summed E-state index contributed by atoms with van der Waals surface area (Å²) in [6.07, 6.45) is 0. The van der Waals surface area contributed by atoms with Crippen LogP contribution in [0.5, 0.6) is 0 Å². The second-order valence-electron chi connectivity index (χ2n) is 6.12. The van der Waals surface area contributed by atoms with E-state index in [2.05, 4.69) is 45.9 Å². The molecule has 112 valence electrons. The maximum absolute atomic E-state index is 13.4. The number of hydrogen-bond donors (Lipinski definition) is 0. The van der Waals surface area contributed by atoms with Gasteiger partial charge in [-0.05, 0) is 46.2 Å². The zero-order valence-electron chi connectivity index (χ0n) is 13.0. The van der Waals surface area contributed by atoms with E-state index in [9.17, 15) is 4.39 Å². The molecule has 0 heterocycles. The van der Waals surface area contributed by atoms with Crippen LogP contribution < -0.4 is 0 Å². The maximum Gasteiger partial charge on any atom is 0.123 e. The maximum atomic E-state index is 13.4. The van der Waals surface area contributed by atoms with Gasteiger partial charge in [-0.2, -0.15) is 0 Å². The lowest BCUT2D eigenvalue weighted by molar-refractivity contribution is 0.625. The molecule has 21 heavy (non-hydrogen) atoms. The Morgan fingerprint density at radius 1 is 0.810 bits per heavy atom. The minimum absolute atomic E-state index is 0.247. The molecule has 0 nitrogen and oxygen atoms in total. The first-order valence-electron chi connectivity index (χ1n) is 7.43. The van der Waals surface area contributed by atoms with E-state index in [1.54, 1.807) is 6.07 Å². The molecule has 2 rings (SSSR count). The van der Waals surface area contributed by atoms with Crippen LogP contribution in [0, 0.1) is 5.82 Å². The number of alkyl halides is 1. The third-order valence-corrected chi connectivity index (χ3v) is 4.30. The van der Waals surface area contributed by atoms with Gasteiger partial charge in [-0.1, -0.05) is 58.0 Å². The van der Waals surface area contributed by atoms with E-state index >= 15 is 0 Å². The monoisotopic (exact) mass is 304 g/mol. The molecule has 0 fully saturated rings. The highest BCUT2D eigenvalue weighted by molar-refractivity contribution is 6.22. The van der Waals surface area contributed by atoms with Crippen molar-refractivity contribution in [2.75, 3.05) is 0 Å². The van der Waals surface area contributed by atoms with Crippen LogP contribution >= 0.6 is 11.6 Å². The van der Waals surface area contributed by atoms with Crippen molar-refractivity contribution in [2.45, 2.75) is 44.9 Å². The summed E-state index contributed by atoms with van der Waals surface area (Å²) in [5.74, 6) is 0.621. The molecule has 0 aliphatic heterocycles. The number of halogens is 2. The Kier molecular flexibility index (Phi) is 5.05. The van der Waals surface area contributed by atoms with E-state index in [1.807, 2.05) is 6.07 Å². The fraction of sp³-hybridized carbons (Fsp3) is 0.368. The fourth-order valence-electron chi connectivity index (χ4n) is 2.53. The molecule has 0 aromatic heterocycles. The van der Waals surface area contributed by atoms with Crippen molar-refractivity contribution in [1.29, 1.82) is 0 Å². The molecule has 0 bridgehead atoms. The molecular formula is C19H22ClF. The quantitative estimate of drug-likeness (QED) is 0.573. The first kappa shape index (κ1) is 16.0. The first-order valence-corrected chi connectivity index (χ1v) is 7.87. The van der Waals surface area contributed by atoms with Crippen LogP contribution in [0.25, 0.3) is 0 Å². The van der Waals surface area contributed by atoms with Crippen LogP contribution in [0.3, 0.4) is 0 Å². The van der Waals surface area contributed by atoms with E-state index in [1.165, 1.54) is 23.3 Å². The Hall–Kier alpha value is -1.34. The van der Waals surface area contributed by atoms with Gasteiger partial charge in [-0.3, -0.25) is 0 Å². The van der Waals surface area contributed by atoms with Gasteiger partial charge in [0.2, 0.25) is 0 Å². The Balaban J connectivity index is 2.47. The normalized spacial score (nSPS) is 13.0. The van der Waals surface area contributed by atoms with Crippen LogP contribution in [0.2, 0.25) is 0 Å². The third-order valence-electron chi connectivity index (χ3n) is 3.81. The molecule has 1 atom stereocenters. The highest BCUT2D eigenvalue weighted by atomic mass is 35.5. The predicted molar refractivity (Wildman–Crippen MR) is 88.7 cm³/mol. The van der Waals surface area contributed by atoms with Crippen LogP contribution in [-0.4, -0.2) is 0 Å². The molecule has 2 heteroatoms. The molecule has 0 N–H and O–H groups in total. The summed E-state index contributed by atoms with van der Waals surface area (Å²) in [6.45, 7) is 8.70. The number of benzene rings is 2. The molecule has 0 saturated heterocycles. The van der Waals surface area contributed by atoms with Gasteiger partial charge in [0, 0.05) is 0 Å². The topological polar surface area (TPSA) is 0 Å². The summed E-state index contributed by atoms with van der Waals surface area (Å²) in [7, 11) is 0. The Morgan fingerprint density at radius 3 is 2.10 bits per heavy atom. The van der Waals surface area contributed by atoms with Gasteiger partial charge in [0.25, 0.3) is 0 Å². The van der Waals surface area contributed by atoms with Gasteiger partial charge in [0.15, 0.2) is 0 Å². The smallest absolute Gasteiger partial charge is 0.123 e. The molecular weight excluding hydrogens is 283 g/mol. The fourth-order valence-corrected chi connectivity index (χ4v) is 2.86. The molecule has 0 aliphatic carbocycles. The van der Waals surface area contributed by atoms with Gasteiger partial charge in [0.1, 0.15) is 5.82 Å². The van der Waals surface area contributed by atoms with Gasteiger partial charge >= 0.3 is 0 Å². The van der Waals surface area contributed by atoms with E-state index in [0.29, 0.717) is 11.8 Å². The van der Waals surface area contributed by atoms with E-state index < -0.39 is 0 Å². The Labute approximate surface area is 132 Å². The molecule has 0 spiro atoms. The molecule has 1 unspecified atom stereocenters. The molecule has 0 saturated carbocycles. The standard InChI is InChI=1S/C19H22ClF/c1-12(2)14-8-9-17(18(11-14)13(3)4)19(20)15-6-5-7-16(21)10-15/h5-13,19H,1-4H3. The highest BCUT2D eigenvalue weighted by Gasteiger charge is 2.18. The summed E-state index contributed by atoms with van der Waals surface area (Å²) >= 11 is 6.62. The van der Waals surface area contributed by atoms with Crippen LogP contribution in [0.1, 0.15) is 67.2 Å². The largest absolute Gasteiger partial charge is 0.207 e. The van der Waals surface area contributed by atoms with Gasteiger partial charge in [-0.25, -0.2) is 4.39 Å². The minimum atomic E-state index is -0.320. The van der Waals surface area contributed by atoms with Crippen molar-refractivity contribution < 1.29 is 4.39 Å². The average molecular weight is 305 g/mol. The van der Waals surface area contributed by atoms with Crippen LogP contribution in [-0.2, 0) is 0 Å². The van der Waals surface area contributed by atoms with Crippen LogP contribution in [0.15, 0.2) is 42.5 Å². The molecule has 0 radical (unpaired) electrons. The van der Waals surface area contributed by atoms with Crippen molar-refractivity contribution in [3.8, 4) is 0 Å². The molecule has 2 aromatic rings. The molecule has 0 aliphatic rings. The molecule has 2 aromatic carbocycles. The SMILES string of the molecule is CC(C)c1ccc(C(Cl)c2cccc(F)c2)c(C(C)C)c1. The summed E-state index contributed by atoms with van der Waals surface area (Å²) < 4.78 is 13.4. The predicted octanol–water partition coefficient (Wildman–Crippen LogP) is 6.40. The zero-order valence-corrected chi connectivity index (χ0v) is 13.8. The van der Waals surface area contributed by atoms with Gasteiger partial charge < -0.3 is 0 Å². The van der Waals surface area contributed by atoms with Gasteiger partial charge in [-0.15, -0.1) is 11.6 Å². The average Bonchev–Trinajstić information content (AvgIpc) is 2.45. The summed E-state index contributed by atoms with van der Waals surface area (Å²) in [5, 5.41) is -0.320. The van der Waals surface area contributed by atoms with Crippen molar-refractivity contribution >= 4 is 11.6 Å². The number of rotatable bonds is 4. The first-order chi connectivity index (χ1) is 9.90. The second kappa shape index (κ2) is 6.62. The third kappa shape index (κ3) is 3.65. The Bertz CT molecular complexity index is 617. The molecule has 0 amide bonds.